The first kappa shape index (κ1) is 61.0. The molecule has 0 saturated heterocycles. The van der Waals surface area contributed by atoms with Gasteiger partial charge in [-0.1, -0.05) is 177 Å². The van der Waals surface area contributed by atoms with Crippen LogP contribution in [0, 0.1) is 36.0 Å². The molecule has 4 N–H and O–H groups in total. The summed E-state index contributed by atoms with van der Waals surface area (Å²) in [6.07, 6.45) is 23.6. The fraction of sp³-hybridized carbons (Fsp3) is 0.458. The number of alkyl carbamates (subject to hydrolysis) is 1. The van der Waals surface area contributed by atoms with Gasteiger partial charge in [0.05, 0.1) is 24.9 Å². The minimum Gasteiger partial charge on any atom is -0.467 e. The quantitative estimate of drug-likeness (QED) is 0.0407. The van der Waals surface area contributed by atoms with E-state index < -0.39 is 24.0 Å². The van der Waals surface area contributed by atoms with E-state index in [1.165, 1.54) is 31.9 Å². The van der Waals surface area contributed by atoms with Crippen LogP contribution >= 0.6 is 0 Å². The minimum absolute atomic E-state index is 0.145. The van der Waals surface area contributed by atoms with E-state index in [4.69, 9.17) is 10.1 Å². The maximum Gasteiger partial charge on any atom is 0.407 e. The molecule has 0 spiro atoms. The summed E-state index contributed by atoms with van der Waals surface area (Å²) >= 11 is 0. The summed E-state index contributed by atoms with van der Waals surface area (Å²) in [5.74, 6) is 0.335. The monoisotopic (exact) mass is 946 g/mol. The number of esters is 1. The van der Waals surface area contributed by atoms with Gasteiger partial charge in [0.25, 0.3) is 5.91 Å². The number of methoxy groups -OCH3 is 1. The smallest absolute Gasteiger partial charge is 0.407 e. The molecular weight excluding hydrogens is 859 g/mol. The molecule has 7 unspecified atom stereocenters. The lowest BCUT2D eigenvalue weighted by atomic mass is 9.63. The largest absolute Gasteiger partial charge is 0.467 e. The zero-order valence-corrected chi connectivity index (χ0v) is 44.1. The molecule has 0 radical (unpaired) electrons. The van der Waals surface area contributed by atoms with Gasteiger partial charge in [-0.2, -0.15) is 0 Å². The van der Waals surface area contributed by atoms with Crippen molar-refractivity contribution < 1.29 is 23.9 Å². The van der Waals surface area contributed by atoms with Crippen LogP contribution in [-0.4, -0.2) is 67.6 Å². The van der Waals surface area contributed by atoms with Gasteiger partial charge in [0.2, 0.25) is 0 Å². The Morgan fingerprint density at radius 1 is 0.942 bits per heavy atom. The molecule has 2 aliphatic rings. The van der Waals surface area contributed by atoms with Crippen molar-refractivity contribution >= 4 is 24.2 Å². The number of ether oxygens (including phenoxy) is 2. The maximum atomic E-state index is 12.4. The third kappa shape index (κ3) is 17.8. The number of hydrogen-bond acceptors (Lipinski definition) is 8. The second-order valence-corrected chi connectivity index (χ2v) is 17.2. The van der Waals surface area contributed by atoms with Crippen LogP contribution in [0.3, 0.4) is 0 Å². The summed E-state index contributed by atoms with van der Waals surface area (Å²) in [5, 5.41) is 16.4. The number of carbonyl (C=O) groups excluding carboxylic acids is 3. The van der Waals surface area contributed by atoms with Crippen molar-refractivity contribution in [3.63, 3.8) is 0 Å². The number of nitrogens with zero attached hydrogens (tertiary/aromatic N) is 1. The summed E-state index contributed by atoms with van der Waals surface area (Å²) < 4.78 is 9.80. The summed E-state index contributed by atoms with van der Waals surface area (Å²) in [6, 6.07) is 24.5. The first-order valence-corrected chi connectivity index (χ1v) is 25.0. The molecule has 1 aliphatic carbocycles. The highest BCUT2D eigenvalue weighted by Gasteiger charge is 2.56. The SMILES string of the molecule is C=CC.C=CC(C)C(c1ccccc1)(C1C=CC=CC1C)N1C=CC(CC)C1(C)NCCCC.CC.CCC.COC(=O)C(CNC(=O)c1ccc(C)c(C=N)c1)NC(=O)OCCc1ccccc1. The molecule has 0 fully saturated rings. The third-order valence-corrected chi connectivity index (χ3v) is 12.2. The number of carbonyl (C=O) groups is 3. The minimum atomic E-state index is -1.10. The summed E-state index contributed by atoms with van der Waals surface area (Å²) in [4.78, 5) is 39.0. The molecule has 1 aliphatic heterocycles. The average molecular weight is 946 g/mol. The van der Waals surface area contributed by atoms with Gasteiger partial charge >= 0.3 is 12.1 Å². The van der Waals surface area contributed by atoms with Crippen molar-refractivity contribution in [2.75, 3.05) is 26.8 Å². The van der Waals surface area contributed by atoms with E-state index in [0.29, 0.717) is 35.3 Å². The number of amides is 2. The van der Waals surface area contributed by atoms with E-state index in [1.807, 2.05) is 58.0 Å². The molecule has 378 valence electrons. The van der Waals surface area contributed by atoms with Crippen LogP contribution < -0.4 is 16.0 Å². The fourth-order valence-electron chi connectivity index (χ4n) is 8.57. The first-order valence-electron chi connectivity index (χ1n) is 25.0. The molecule has 0 aromatic heterocycles. The van der Waals surface area contributed by atoms with Crippen LogP contribution in [0.15, 0.2) is 141 Å². The van der Waals surface area contributed by atoms with Crippen molar-refractivity contribution in [2.45, 2.75) is 126 Å². The Morgan fingerprint density at radius 3 is 2.10 bits per heavy atom. The Morgan fingerprint density at radius 2 is 1.55 bits per heavy atom. The van der Waals surface area contributed by atoms with Crippen molar-refractivity contribution in [1.29, 1.82) is 5.41 Å². The number of hydrogen-bond donors (Lipinski definition) is 4. The Hall–Kier alpha value is -6.00. The molecule has 3 aromatic rings. The van der Waals surface area contributed by atoms with E-state index in [2.05, 4.69) is 160 Å². The van der Waals surface area contributed by atoms with Crippen LogP contribution in [0.5, 0.6) is 0 Å². The lowest BCUT2D eigenvalue weighted by molar-refractivity contribution is -0.142. The Labute approximate surface area is 417 Å². The van der Waals surface area contributed by atoms with Gasteiger partial charge in [0.15, 0.2) is 0 Å². The van der Waals surface area contributed by atoms with Gasteiger partial charge in [0, 0.05) is 42.5 Å². The van der Waals surface area contributed by atoms with Crippen molar-refractivity contribution in [1.82, 2.24) is 20.9 Å². The molecule has 0 saturated carbocycles. The molecular formula is C59H87N5O5. The van der Waals surface area contributed by atoms with Gasteiger partial charge in [-0.25, -0.2) is 9.59 Å². The van der Waals surface area contributed by atoms with Gasteiger partial charge < -0.3 is 30.4 Å². The van der Waals surface area contributed by atoms with Crippen molar-refractivity contribution in [3.05, 3.63) is 169 Å². The van der Waals surface area contributed by atoms with Crippen LogP contribution in [-0.2, 0) is 26.2 Å². The van der Waals surface area contributed by atoms with Crippen LogP contribution in [0.4, 0.5) is 4.79 Å². The van der Waals surface area contributed by atoms with E-state index in [0.717, 1.165) is 30.3 Å². The molecule has 7 atom stereocenters. The fourth-order valence-corrected chi connectivity index (χ4v) is 8.57. The van der Waals surface area contributed by atoms with Crippen LogP contribution in [0.1, 0.15) is 128 Å². The van der Waals surface area contributed by atoms with E-state index in [1.54, 1.807) is 24.3 Å². The highest BCUT2D eigenvalue weighted by molar-refractivity contribution is 5.96. The van der Waals surface area contributed by atoms with Crippen molar-refractivity contribution in [3.8, 4) is 0 Å². The molecule has 10 nitrogen and oxygen atoms in total. The van der Waals surface area contributed by atoms with Gasteiger partial charge in [-0.05, 0) is 86.7 Å². The zero-order chi connectivity index (χ0) is 51.8. The van der Waals surface area contributed by atoms with Gasteiger partial charge in [-0.15, -0.1) is 13.2 Å². The lowest BCUT2D eigenvalue weighted by Gasteiger charge is -2.58. The molecule has 1 heterocycles. The van der Waals surface area contributed by atoms with Crippen LogP contribution in [0.2, 0.25) is 0 Å². The molecule has 2 amide bonds. The van der Waals surface area contributed by atoms with E-state index in [9.17, 15) is 14.4 Å². The molecule has 3 aromatic carbocycles. The number of benzene rings is 3. The number of unbranched alkanes of at least 4 members (excludes halogenated alkanes) is 1. The molecule has 0 bridgehead atoms. The van der Waals surface area contributed by atoms with E-state index in [-0.39, 0.29) is 30.3 Å². The summed E-state index contributed by atoms with van der Waals surface area (Å²) in [7, 11) is 1.19. The second-order valence-electron chi connectivity index (χ2n) is 17.2. The molecule has 5 rings (SSSR count). The Bertz CT molecular complexity index is 2070. The molecule has 69 heavy (non-hydrogen) atoms. The highest BCUT2D eigenvalue weighted by atomic mass is 16.6. The van der Waals surface area contributed by atoms with Crippen LogP contribution in [0.25, 0.3) is 0 Å². The summed E-state index contributed by atoms with van der Waals surface area (Å²) in [6.45, 7) is 32.3. The predicted octanol–water partition coefficient (Wildman–Crippen LogP) is 12.9. The maximum absolute atomic E-state index is 12.4. The third-order valence-electron chi connectivity index (χ3n) is 12.2. The second kappa shape index (κ2) is 33.5. The Balaban J connectivity index is 0.000000600. The number of aryl methyl sites for hydroxylation is 1. The topological polar surface area (TPSA) is 133 Å². The van der Waals surface area contributed by atoms with E-state index >= 15 is 0 Å². The van der Waals surface area contributed by atoms with Gasteiger partial charge in [-0.3, -0.25) is 10.1 Å². The molecule has 10 heteroatoms. The van der Waals surface area contributed by atoms with Crippen molar-refractivity contribution in [2.24, 2.45) is 23.7 Å². The Kier molecular flexibility index (Phi) is 29.6. The highest BCUT2D eigenvalue weighted by Crippen LogP contribution is 2.53. The average Bonchev–Trinajstić information content (AvgIpc) is 3.70. The van der Waals surface area contributed by atoms with Gasteiger partial charge in [0.1, 0.15) is 6.04 Å². The standard InChI is InChI=1S/C29H42N2.C22H25N3O5.C3H8.C3H6.C2H6/c1-7-10-21-30-28(6)25(9-3)20-22-31(28)29(24(5)8-2,26-17-12-11-13-18-26)27-19-15-14-16-23(27)4;1-15-8-9-17(12-18(15)13-23)20(26)24-14-19(21(27)29-2)25-22(28)30-11-10-16-6-4-3-5-7-16;2*1-3-2;1-2/h8,11-20,22-25,27,30H,2,7,9-10,21H2,1,3-6H3;3-9,12-13,19,23H,10-11,14H2,1-2H3,(H,24,26)(H,25,28);3H2,1-2H3;3H,1H2,2H3;1-2H3. The first-order chi connectivity index (χ1) is 33.2. The lowest BCUT2D eigenvalue weighted by Crippen LogP contribution is -2.67. The number of allylic oxidation sites excluding steroid dienone is 4. The summed E-state index contributed by atoms with van der Waals surface area (Å²) in [5.41, 5.74) is 3.83. The number of rotatable bonds is 19. The zero-order valence-electron chi connectivity index (χ0n) is 44.1. The normalized spacial score (nSPS) is 19.0. The number of nitrogens with one attached hydrogen (secondary N) is 4. The predicted molar refractivity (Wildman–Crippen MR) is 290 cm³/mol.